The van der Waals surface area contributed by atoms with Gasteiger partial charge in [-0.15, -0.1) is 0 Å². The number of halogens is 2. The molecule has 1 aromatic carbocycles. The summed E-state index contributed by atoms with van der Waals surface area (Å²) in [6, 6.07) is 5.52. The third-order valence-electron chi connectivity index (χ3n) is 5.89. The molecule has 1 fully saturated rings. The molecule has 1 aliphatic carbocycles. The Morgan fingerprint density at radius 1 is 1.13 bits per heavy atom. The van der Waals surface area contributed by atoms with Crippen molar-refractivity contribution in [3.63, 3.8) is 0 Å². The van der Waals surface area contributed by atoms with E-state index in [1.54, 1.807) is 12.3 Å². The maximum Gasteiger partial charge on any atom is 0.133 e. The Morgan fingerprint density at radius 2 is 1.90 bits per heavy atom. The second-order valence-corrected chi connectivity index (χ2v) is 8.69. The number of H-pyrrole nitrogens is 1. The smallest absolute Gasteiger partial charge is 0.133 e. The van der Waals surface area contributed by atoms with Crippen molar-refractivity contribution in [1.29, 1.82) is 0 Å². The fourth-order valence-corrected chi connectivity index (χ4v) is 4.44. The van der Waals surface area contributed by atoms with Gasteiger partial charge in [0, 0.05) is 24.7 Å². The fraction of sp³-hybridized carbons (Fsp3) is 0.435. The number of aliphatic hydroxyl groups is 1. The number of aromatic nitrogens is 4. The van der Waals surface area contributed by atoms with Crippen LogP contribution in [0, 0.1) is 19.7 Å². The minimum Gasteiger partial charge on any atom is -0.393 e. The Labute approximate surface area is 180 Å². The Balaban J connectivity index is 1.54. The maximum absolute atomic E-state index is 14.9. The van der Waals surface area contributed by atoms with E-state index in [-0.39, 0.29) is 11.9 Å². The molecule has 0 atom stereocenters. The van der Waals surface area contributed by atoms with Gasteiger partial charge in [-0.1, -0.05) is 17.7 Å². The second kappa shape index (κ2) is 8.82. The standard InChI is InChI=1S/C23H26ClFN4O/c1-13-7-16(21(25)11-19(13)15-3-5-18(30)6-4-15)9-23-26-12-20(24)22(27-23)10-17-8-14(2)28-29-17/h7-8,11-12,15,18,30H,3-6,9-10H2,1-2H3,(H,28,29). The van der Waals surface area contributed by atoms with Crippen LogP contribution in [0.25, 0.3) is 0 Å². The van der Waals surface area contributed by atoms with Crippen LogP contribution >= 0.6 is 11.6 Å². The summed E-state index contributed by atoms with van der Waals surface area (Å²) in [7, 11) is 0. The van der Waals surface area contributed by atoms with E-state index in [9.17, 15) is 9.50 Å². The molecule has 0 bridgehead atoms. The van der Waals surface area contributed by atoms with Crippen molar-refractivity contribution in [3.05, 3.63) is 74.8 Å². The first-order valence-corrected chi connectivity index (χ1v) is 10.7. The number of nitrogens with one attached hydrogen (secondary N) is 1. The van der Waals surface area contributed by atoms with Gasteiger partial charge in [-0.05, 0) is 74.3 Å². The summed E-state index contributed by atoms with van der Waals surface area (Å²) in [4.78, 5) is 8.88. The fourth-order valence-electron chi connectivity index (χ4n) is 4.28. The summed E-state index contributed by atoms with van der Waals surface area (Å²) in [5.74, 6) is 0.617. The van der Waals surface area contributed by atoms with Crippen molar-refractivity contribution in [1.82, 2.24) is 20.2 Å². The lowest BCUT2D eigenvalue weighted by Gasteiger charge is -2.27. The number of hydrogen-bond donors (Lipinski definition) is 2. The van der Waals surface area contributed by atoms with E-state index in [0.717, 1.165) is 48.2 Å². The van der Waals surface area contributed by atoms with Crippen LogP contribution in [0.1, 0.15) is 71.2 Å². The van der Waals surface area contributed by atoms with Crippen LogP contribution < -0.4 is 0 Å². The molecule has 2 heterocycles. The first kappa shape index (κ1) is 20.9. The topological polar surface area (TPSA) is 74.7 Å². The molecule has 0 unspecified atom stereocenters. The van der Waals surface area contributed by atoms with Gasteiger partial charge in [0.2, 0.25) is 0 Å². The molecule has 7 heteroatoms. The number of nitrogens with zero attached hydrogens (tertiary/aromatic N) is 3. The first-order chi connectivity index (χ1) is 14.4. The number of aromatic amines is 1. The second-order valence-electron chi connectivity index (χ2n) is 8.28. The van der Waals surface area contributed by atoms with Crippen molar-refractivity contribution < 1.29 is 9.50 Å². The molecule has 1 aliphatic rings. The predicted molar refractivity (Wildman–Crippen MR) is 114 cm³/mol. The predicted octanol–water partition coefficient (Wildman–Crippen LogP) is 4.81. The van der Waals surface area contributed by atoms with Crippen LogP contribution in [0.15, 0.2) is 24.4 Å². The molecule has 2 aromatic heterocycles. The van der Waals surface area contributed by atoms with Crippen LogP contribution in [0.3, 0.4) is 0 Å². The molecule has 4 rings (SSSR count). The highest BCUT2D eigenvalue weighted by molar-refractivity contribution is 6.31. The van der Waals surface area contributed by atoms with E-state index in [0.29, 0.717) is 40.9 Å². The Hall–Kier alpha value is -2.31. The number of hydrogen-bond acceptors (Lipinski definition) is 4. The monoisotopic (exact) mass is 428 g/mol. The molecule has 2 N–H and O–H groups in total. The minimum absolute atomic E-state index is 0.215. The van der Waals surface area contributed by atoms with Gasteiger partial charge >= 0.3 is 0 Å². The Morgan fingerprint density at radius 3 is 2.60 bits per heavy atom. The average molecular weight is 429 g/mol. The van der Waals surface area contributed by atoms with Gasteiger partial charge in [0.25, 0.3) is 0 Å². The summed E-state index contributed by atoms with van der Waals surface area (Å²) < 4.78 is 14.9. The molecule has 0 spiro atoms. The Bertz CT molecular complexity index is 1040. The van der Waals surface area contributed by atoms with E-state index in [1.165, 1.54) is 0 Å². The first-order valence-electron chi connectivity index (χ1n) is 10.4. The van der Waals surface area contributed by atoms with Crippen molar-refractivity contribution in [2.24, 2.45) is 0 Å². The number of aliphatic hydroxyl groups excluding tert-OH is 1. The SMILES string of the molecule is Cc1cc(Cc2nc(Cc3cc(C)c(C4CCC(O)CC4)cc3F)ncc2Cl)n[nH]1. The zero-order valence-electron chi connectivity index (χ0n) is 17.3. The molecule has 1 saturated carbocycles. The van der Waals surface area contributed by atoms with Crippen molar-refractivity contribution in [2.75, 3.05) is 0 Å². The van der Waals surface area contributed by atoms with E-state index in [1.807, 2.05) is 26.0 Å². The molecule has 3 aromatic rings. The van der Waals surface area contributed by atoms with Gasteiger partial charge < -0.3 is 5.11 Å². The molecule has 0 amide bonds. The van der Waals surface area contributed by atoms with Crippen LogP contribution in [-0.4, -0.2) is 31.4 Å². The highest BCUT2D eigenvalue weighted by atomic mass is 35.5. The highest BCUT2D eigenvalue weighted by Gasteiger charge is 2.23. The van der Waals surface area contributed by atoms with E-state index in [2.05, 4.69) is 20.2 Å². The summed E-state index contributed by atoms with van der Waals surface area (Å²) in [5.41, 5.74) is 5.21. The average Bonchev–Trinajstić information content (AvgIpc) is 3.12. The maximum atomic E-state index is 14.9. The quantitative estimate of drug-likeness (QED) is 0.611. The third kappa shape index (κ3) is 4.71. The molecular formula is C23H26ClFN4O. The highest BCUT2D eigenvalue weighted by Crippen LogP contribution is 2.35. The van der Waals surface area contributed by atoms with Gasteiger partial charge in [0.1, 0.15) is 11.6 Å². The molecule has 5 nitrogen and oxygen atoms in total. The van der Waals surface area contributed by atoms with Gasteiger partial charge in [-0.3, -0.25) is 5.10 Å². The Kier molecular flexibility index (Phi) is 6.16. The van der Waals surface area contributed by atoms with E-state index in [4.69, 9.17) is 11.6 Å². The summed E-state index contributed by atoms with van der Waals surface area (Å²) in [6.45, 7) is 3.96. The molecule has 30 heavy (non-hydrogen) atoms. The lowest BCUT2D eigenvalue weighted by Crippen LogP contribution is -2.18. The van der Waals surface area contributed by atoms with Gasteiger partial charge in [-0.2, -0.15) is 5.10 Å². The minimum atomic E-state index is -0.232. The normalized spacial score (nSPS) is 19.2. The van der Waals surface area contributed by atoms with Gasteiger partial charge in [0.05, 0.1) is 22.5 Å². The van der Waals surface area contributed by atoms with Crippen molar-refractivity contribution in [2.45, 2.75) is 64.4 Å². The zero-order valence-corrected chi connectivity index (χ0v) is 18.0. The summed E-state index contributed by atoms with van der Waals surface area (Å²) in [5, 5.41) is 17.4. The summed E-state index contributed by atoms with van der Waals surface area (Å²) in [6.07, 6.45) is 5.52. The summed E-state index contributed by atoms with van der Waals surface area (Å²) >= 11 is 6.27. The van der Waals surface area contributed by atoms with Crippen LogP contribution in [0.2, 0.25) is 5.02 Å². The molecule has 0 saturated heterocycles. The lowest BCUT2D eigenvalue weighted by molar-refractivity contribution is 0.122. The van der Waals surface area contributed by atoms with E-state index >= 15 is 0 Å². The number of benzene rings is 1. The number of aryl methyl sites for hydroxylation is 2. The van der Waals surface area contributed by atoms with Gasteiger partial charge in [-0.25, -0.2) is 14.4 Å². The lowest BCUT2D eigenvalue weighted by atomic mass is 9.80. The zero-order chi connectivity index (χ0) is 21.3. The largest absolute Gasteiger partial charge is 0.393 e. The molecule has 0 aliphatic heterocycles. The molecular weight excluding hydrogens is 403 g/mol. The van der Waals surface area contributed by atoms with Crippen LogP contribution in [0.4, 0.5) is 4.39 Å². The van der Waals surface area contributed by atoms with E-state index < -0.39 is 0 Å². The van der Waals surface area contributed by atoms with Crippen molar-refractivity contribution in [3.8, 4) is 0 Å². The van der Waals surface area contributed by atoms with Crippen LogP contribution in [-0.2, 0) is 12.8 Å². The van der Waals surface area contributed by atoms with Crippen LogP contribution in [0.5, 0.6) is 0 Å². The third-order valence-corrected chi connectivity index (χ3v) is 6.21. The molecule has 158 valence electrons. The number of rotatable bonds is 5. The van der Waals surface area contributed by atoms with Gasteiger partial charge in [0.15, 0.2) is 0 Å². The van der Waals surface area contributed by atoms with Crippen molar-refractivity contribution >= 4 is 11.6 Å². The molecule has 0 radical (unpaired) electrons.